The largest absolute Gasteiger partial charge is 0.513 e. The van der Waals surface area contributed by atoms with Crippen LogP contribution >= 0.6 is 0 Å². The molecule has 2 unspecified atom stereocenters. The number of unbranched alkanes of at least 4 members (excludes halogenated alkanes) is 4. The summed E-state index contributed by atoms with van der Waals surface area (Å²) >= 11 is 0. The van der Waals surface area contributed by atoms with Gasteiger partial charge >= 0.3 is 12.3 Å². The maximum atomic E-state index is 13.4. The van der Waals surface area contributed by atoms with Crippen molar-refractivity contribution in [2.75, 3.05) is 13.2 Å². The smallest absolute Gasteiger partial charge is 0.434 e. The van der Waals surface area contributed by atoms with Crippen LogP contribution in [0.2, 0.25) is 0 Å². The Balaban J connectivity index is 1.69. The van der Waals surface area contributed by atoms with Crippen molar-refractivity contribution in [1.29, 1.82) is 0 Å². The van der Waals surface area contributed by atoms with Crippen molar-refractivity contribution in [3.05, 3.63) is 96.1 Å². The van der Waals surface area contributed by atoms with Crippen LogP contribution in [0.3, 0.4) is 0 Å². The molecule has 0 amide bonds. The molecule has 0 spiro atoms. The fourth-order valence-corrected chi connectivity index (χ4v) is 8.76. The Morgan fingerprint density at radius 3 is 1.18 bits per heavy atom. The quantitative estimate of drug-likeness (QED) is 0.0312. The maximum absolute atomic E-state index is 13.4. The van der Waals surface area contributed by atoms with Crippen molar-refractivity contribution in [2.24, 2.45) is 11.8 Å². The molecule has 318 valence electrons. The van der Waals surface area contributed by atoms with Gasteiger partial charge in [0.1, 0.15) is 11.5 Å². The molecule has 0 saturated heterocycles. The number of hydrogen-bond donors (Lipinski definition) is 0. The molecule has 60 heavy (non-hydrogen) atoms. The predicted molar refractivity (Wildman–Crippen MR) is 250 cm³/mol. The third-order valence-electron chi connectivity index (χ3n) is 12.3. The second-order valence-electron chi connectivity index (χ2n) is 16.6. The standard InChI is InChI=1S/C54H66O6/c1-7-13-21-37(11-5)33-39-27-29-45-47(35-39)49(41-23-17-19-25-43(41)51(45)59-53(55)57-31-15-9-3)50-42-24-18-20-26-44(42)52(60-54(56)58-32-16-10-4)46-30-28-40(36-48(46)50)34-38(12-6)22-14-8-2/h17-20,23-30,35-38H,7-16,21-22,31-34H2,1-6H3. The molecule has 0 fully saturated rings. The lowest BCUT2D eigenvalue weighted by atomic mass is 9.83. The van der Waals surface area contributed by atoms with Gasteiger partial charge in [-0.2, -0.15) is 0 Å². The van der Waals surface area contributed by atoms with E-state index in [1.807, 2.05) is 24.3 Å². The number of rotatable bonds is 21. The molecular weight excluding hydrogens is 745 g/mol. The van der Waals surface area contributed by atoms with Gasteiger partial charge in [0.25, 0.3) is 0 Å². The molecule has 0 saturated carbocycles. The van der Waals surface area contributed by atoms with Crippen LogP contribution in [0.25, 0.3) is 54.2 Å². The Morgan fingerprint density at radius 1 is 0.450 bits per heavy atom. The summed E-state index contributed by atoms with van der Waals surface area (Å²) in [6.07, 6.45) is 13.3. The normalized spacial score (nSPS) is 12.6. The van der Waals surface area contributed by atoms with Gasteiger partial charge in [-0.1, -0.05) is 191 Å². The van der Waals surface area contributed by atoms with E-state index in [1.165, 1.54) is 49.7 Å². The van der Waals surface area contributed by atoms with Crippen LogP contribution in [0.5, 0.6) is 11.5 Å². The van der Waals surface area contributed by atoms with Crippen molar-refractivity contribution < 1.29 is 28.5 Å². The van der Waals surface area contributed by atoms with E-state index in [-0.39, 0.29) is 0 Å². The Morgan fingerprint density at radius 2 is 0.817 bits per heavy atom. The number of carbonyl (C=O) groups is 2. The summed E-state index contributed by atoms with van der Waals surface area (Å²) in [4.78, 5) is 26.7. The van der Waals surface area contributed by atoms with Gasteiger partial charge < -0.3 is 18.9 Å². The molecule has 6 aromatic carbocycles. The van der Waals surface area contributed by atoms with E-state index in [2.05, 4.69) is 102 Å². The molecule has 2 atom stereocenters. The van der Waals surface area contributed by atoms with Crippen molar-refractivity contribution in [3.8, 4) is 22.6 Å². The lowest BCUT2D eigenvalue weighted by molar-refractivity contribution is 0.0977. The fourth-order valence-electron chi connectivity index (χ4n) is 8.76. The third-order valence-corrected chi connectivity index (χ3v) is 12.3. The number of ether oxygens (including phenoxy) is 4. The van der Waals surface area contributed by atoms with Gasteiger partial charge in [-0.15, -0.1) is 0 Å². The molecule has 0 heterocycles. The highest BCUT2D eigenvalue weighted by molar-refractivity contribution is 6.27. The summed E-state index contributed by atoms with van der Waals surface area (Å²) < 4.78 is 23.6. The molecule has 0 aliphatic carbocycles. The van der Waals surface area contributed by atoms with Gasteiger partial charge in [0.15, 0.2) is 0 Å². The highest BCUT2D eigenvalue weighted by atomic mass is 16.7. The number of carbonyl (C=O) groups excluding carboxylic acids is 2. The highest BCUT2D eigenvalue weighted by Gasteiger charge is 2.26. The van der Waals surface area contributed by atoms with Crippen LogP contribution in [0.1, 0.15) is 130 Å². The van der Waals surface area contributed by atoms with Crippen LogP contribution in [-0.2, 0) is 22.3 Å². The van der Waals surface area contributed by atoms with E-state index < -0.39 is 12.3 Å². The lowest BCUT2D eigenvalue weighted by Gasteiger charge is -2.23. The van der Waals surface area contributed by atoms with E-state index in [0.717, 1.165) is 106 Å². The van der Waals surface area contributed by atoms with E-state index in [0.29, 0.717) is 36.5 Å². The minimum atomic E-state index is -0.696. The highest BCUT2D eigenvalue weighted by Crippen LogP contribution is 2.50. The Labute approximate surface area is 357 Å². The van der Waals surface area contributed by atoms with Crippen LogP contribution in [-0.4, -0.2) is 25.5 Å². The van der Waals surface area contributed by atoms with Crippen LogP contribution in [0.4, 0.5) is 9.59 Å². The molecule has 0 aliphatic rings. The van der Waals surface area contributed by atoms with Crippen LogP contribution < -0.4 is 9.47 Å². The van der Waals surface area contributed by atoms with Crippen molar-refractivity contribution in [1.82, 2.24) is 0 Å². The second-order valence-corrected chi connectivity index (χ2v) is 16.6. The number of hydrogen-bond acceptors (Lipinski definition) is 6. The van der Waals surface area contributed by atoms with Crippen LogP contribution in [0.15, 0.2) is 84.9 Å². The van der Waals surface area contributed by atoms with Gasteiger partial charge in [0, 0.05) is 21.5 Å². The topological polar surface area (TPSA) is 71.1 Å². The minimum absolute atomic E-state index is 0.307. The summed E-state index contributed by atoms with van der Waals surface area (Å²) in [5, 5.41) is 7.30. The average Bonchev–Trinajstić information content (AvgIpc) is 3.27. The zero-order chi connectivity index (χ0) is 42.4. The first kappa shape index (κ1) is 44.5. The Bertz CT molecular complexity index is 2210. The molecule has 0 radical (unpaired) electrons. The van der Waals surface area contributed by atoms with Gasteiger partial charge in [0.05, 0.1) is 13.2 Å². The zero-order valence-electron chi connectivity index (χ0n) is 37.0. The molecular formula is C54H66O6. The second kappa shape index (κ2) is 21.9. The summed E-state index contributed by atoms with van der Waals surface area (Å²) in [6.45, 7) is 13.9. The lowest BCUT2D eigenvalue weighted by Crippen LogP contribution is -2.12. The summed E-state index contributed by atoms with van der Waals surface area (Å²) in [5.74, 6) is 2.13. The van der Waals surface area contributed by atoms with E-state index in [9.17, 15) is 9.59 Å². The van der Waals surface area contributed by atoms with Crippen molar-refractivity contribution >= 4 is 55.4 Å². The molecule has 0 N–H and O–H groups in total. The number of benzene rings is 6. The monoisotopic (exact) mass is 810 g/mol. The van der Waals surface area contributed by atoms with Crippen LogP contribution in [0, 0.1) is 11.8 Å². The first-order chi connectivity index (χ1) is 29.3. The molecule has 0 aliphatic heterocycles. The summed E-state index contributed by atoms with van der Waals surface area (Å²) in [6, 6.07) is 29.8. The SMILES string of the molecule is CCCCOC(=O)Oc1c2ccccc2c(-c2c3ccccc3c(OC(=O)OCCCC)c3ccc(CC(CC)CCCC)cc23)c2cc(CC(CC)CCCC)ccc12. The molecule has 6 heteroatoms. The maximum Gasteiger partial charge on any atom is 0.513 e. The molecule has 6 rings (SSSR count). The molecule has 0 aromatic heterocycles. The fraction of sp³-hybridized carbons (Fsp3) is 0.444. The van der Waals surface area contributed by atoms with Gasteiger partial charge in [-0.05, 0) is 81.3 Å². The van der Waals surface area contributed by atoms with Gasteiger partial charge in [-0.25, -0.2) is 9.59 Å². The molecule has 0 bridgehead atoms. The van der Waals surface area contributed by atoms with Crippen molar-refractivity contribution in [3.63, 3.8) is 0 Å². The van der Waals surface area contributed by atoms with Crippen molar-refractivity contribution in [2.45, 2.75) is 131 Å². The van der Waals surface area contributed by atoms with E-state index >= 15 is 0 Å². The Hall–Kier alpha value is -5.10. The van der Waals surface area contributed by atoms with E-state index in [1.54, 1.807) is 0 Å². The van der Waals surface area contributed by atoms with Gasteiger partial charge in [-0.3, -0.25) is 0 Å². The zero-order valence-corrected chi connectivity index (χ0v) is 37.0. The summed E-state index contributed by atoms with van der Waals surface area (Å²) in [7, 11) is 0. The predicted octanol–water partition coefficient (Wildman–Crippen LogP) is 16.1. The first-order valence-corrected chi connectivity index (χ1v) is 23.0. The molecule has 6 aromatic rings. The first-order valence-electron chi connectivity index (χ1n) is 23.0. The number of fused-ring (bicyclic) bond motifs is 4. The average molecular weight is 811 g/mol. The molecule has 6 nitrogen and oxygen atoms in total. The van der Waals surface area contributed by atoms with E-state index in [4.69, 9.17) is 18.9 Å². The Kier molecular flexibility index (Phi) is 16.3. The summed E-state index contributed by atoms with van der Waals surface area (Å²) in [5.41, 5.74) is 4.63. The third kappa shape index (κ3) is 10.4. The van der Waals surface area contributed by atoms with Gasteiger partial charge in [0.2, 0.25) is 0 Å². The minimum Gasteiger partial charge on any atom is -0.434 e.